The molecule has 0 spiro atoms. The molecule has 0 saturated heterocycles. The normalized spacial score (nSPS) is 10.9. The number of ether oxygens (including phenoxy) is 1. The summed E-state index contributed by atoms with van der Waals surface area (Å²) in [6.07, 6.45) is -0.661. The van der Waals surface area contributed by atoms with Crippen molar-refractivity contribution >= 4 is 17.3 Å². The zero-order chi connectivity index (χ0) is 14.3. The van der Waals surface area contributed by atoms with Gasteiger partial charge in [0.2, 0.25) is 0 Å². The van der Waals surface area contributed by atoms with Crippen molar-refractivity contribution in [1.29, 1.82) is 0 Å². The van der Waals surface area contributed by atoms with Crippen LogP contribution in [0.15, 0.2) is 9.59 Å². The molecule has 8 heteroatoms. The number of carbonyl (C=O) groups is 1. The number of hydrogen-bond acceptors (Lipinski definition) is 5. The SMILES string of the molecule is CCOC(=O)n1c(C)nc2c(=O)n(C)c(=O)n(C)c21. The minimum atomic E-state index is -0.661. The maximum Gasteiger partial charge on any atom is 0.421 e. The molecule has 2 rings (SSSR count). The third-order valence-corrected chi connectivity index (χ3v) is 2.87. The van der Waals surface area contributed by atoms with Crippen molar-refractivity contribution in [3.05, 3.63) is 26.7 Å². The van der Waals surface area contributed by atoms with Crippen LogP contribution in [0.5, 0.6) is 0 Å². The summed E-state index contributed by atoms with van der Waals surface area (Å²) in [6.45, 7) is 3.43. The molecule has 0 amide bonds. The van der Waals surface area contributed by atoms with Gasteiger partial charge in [-0.05, 0) is 13.8 Å². The lowest BCUT2D eigenvalue weighted by Crippen LogP contribution is -2.37. The first-order valence-electron chi connectivity index (χ1n) is 5.72. The van der Waals surface area contributed by atoms with Crippen molar-refractivity contribution in [2.24, 2.45) is 14.1 Å². The molecule has 0 saturated carbocycles. The Bertz CT molecular complexity index is 781. The summed E-state index contributed by atoms with van der Waals surface area (Å²) in [7, 11) is 2.84. The van der Waals surface area contributed by atoms with Gasteiger partial charge < -0.3 is 4.74 Å². The number of imidazole rings is 1. The molecule has 8 nitrogen and oxygen atoms in total. The van der Waals surface area contributed by atoms with Gasteiger partial charge in [0.1, 0.15) is 5.82 Å². The monoisotopic (exact) mass is 266 g/mol. The fourth-order valence-electron chi connectivity index (χ4n) is 1.94. The molecular weight excluding hydrogens is 252 g/mol. The van der Waals surface area contributed by atoms with E-state index < -0.39 is 17.3 Å². The molecule has 0 N–H and O–H groups in total. The van der Waals surface area contributed by atoms with Crippen LogP contribution in [0.2, 0.25) is 0 Å². The average Bonchev–Trinajstić information content (AvgIpc) is 2.72. The number of rotatable bonds is 1. The van der Waals surface area contributed by atoms with E-state index >= 15 is 0 Å². The number of aromatic nitrogens is 4. The average molecular weight is 266 g/mol. The second kappa shape index (κ2) is 4.38. The molecule has 19 heavy (non-hydrogen) atoms. The van der Waals surface area contributed by atoms with Gasteiger partial charge in [-0.25, -0.2) is 19.1 Å². The van der Waals surface area contributed by atoms with Crippen LogP contribution in [0.3, 0.4) is 0 Å². The third kappa shape index (κ3) is 1.76. The van der Waals surface area contributed by atoms with Crippen LogP contribution in [0.25, 0.3) is 11.2 Å². The van der Waals surface area contributed by atoms with E-state index in [9.17, 15) is 14.4 Å². The molecule has 0 bridgehead atoms. The molecule has 0 atom stereocenters. The van der Waals surface area contributed by atoms with Gasteiger partial charge in [-0.15, -0.1) is 0 Å². The highest BCUT2D eigenvalue weighted by atomic mass is 16.5. The van der Waals surface area contributed by atoms with E-state index in [2.05, 4.69) is 4.98 Å². The molecule has 0 radical (unpaired) electrons. The predicted molar refractivity (Wildman–Crippen MR) is 67.4 cm³/mol. The van der Waals surface area contributed by atoms with E-state index in [1.165, 1.54) is 18.7 Å². The lowest BCUT2D eigenvalue weighted by atomic mass is 10.5. The second-order valence-corrected chi connectivity index (χ2v) is 4.07. The third-order valence-electron chi connectivity index (χ3n) is 2.87. The molecule has 2 heterocycles. The van der Waals surface area contributed by atoms with Gasteiger partial charge in [0.15, 0.2) is 11.2 Å². The molecule has 2 aromatic rings. The van der Waals surface area contributed by atoms with Crippen molar-refractivity contribution in [1.82, 2.24) is 18.7 Å². The molecule has 0 aromatic carbocycles. The first-order chi connectivity index (χ1) is 8.90. The van der Waals surface area contributed by atoms with Crippen molar-refractivity contribution < 1.29 is 9.53 Å². The number of nitrogens with zero attached hydrogens (tertiary/aromatic N) is 4. The zero-order valence-corrected chi connectivity index (χ0v) is 11.1. The Kier molecular flexibility index (Phi) is 3.01. The first kappa shape index (κ1) is 13.1. The second-order valence-electron chi connectivity index (χ2n) is 4.07. The van der Waals surface area contributed by atoms with Crippen molar-refractivity contribution in [3.63, 3.8) is 0 Å². The Morgan fingerprint density at radius 1 is 1.26 bits per heavy atom. The first-order valence-corrected chi connectivity index (χ1v) is 5.72. The van der Waals surface area contributed by atoms with Gasteiger partial charge in [-0.1, -0.05) is 0 Å². The largest absolute Gasteiger partial charge is 0.449 e. The van der Waals surface area contributed by atoms with Crippen LogP contribution in [0.1, 0.15) is 12.7 Å². The van der Waals surface area contributed by atoms with Gasteiger partial charge in [-0.3, -0.25) is 13.9 Å². The van der Waals surface area contributed by atoms with E-state index in [-0.39, 0.29) is 17.8 Å². The predicted octanol–water partition coefficient (Wildman–Crippen LogP) is -0.253. The van der Waals surface area contributed by atoms with Gasteiger partial charge >= 0.3 is 11.8 Å². The van der Waals surface area contributed by atoms with E-state index in [0.29, 0.717) is 5.82 Å². The Morgan fingerprint density at radius 3 is 2.47 bits per heavy atom. The zero-order valence-electron chi connectivity index (χ0n) is 11.1. The molecule has 0 fully saturated rings. The molecule has 0 aliphatic rings. The van der Waals surface area contributed by atoms with Gasteiger partial charge in [0.05, 0.1) is 6.61 Å². The number of fused-ring (bicyclic) bond motifs is 1. The number of aryl methyl sites for hydroxylation is 2. The van der Waals surface area contributed by atoms with Gasteiger partial charge in [-0.2, -0.15) is 0 Å². The highest BCUT2D eigenvalue weighted by molar-refractivity contribution is 5.84. The standard InChI is InChI=1S/C11H14N4O4/c1-5-19-11(18)15-6(2)12-7-8(15)13(3)10(17)14(4)9(7)16/h5H2,1-4H3. The Morgan fingerprint density at radius 2 is 1.89 bits per heavy atom. The van der Waals surface area contributed by atoms with Crippen molar-refractivity contribution in [2.75, 3.05) is 6.61 Å². The summed E-state index contributed by atoms with van der Waals surface area (Å²) in [6, 6.07) is 0. The highest BCUT2D eigenvalue weighted by Crippen LogP contribution is 2.11. The minimum absolute atomic E-state index is 0.0650. The summed E-state index contributed by atoms with van der Waals surface area (Å²) in [5.74, 6) is 0.298. The van der Waals surface area contributed by atoms with Crippen LogP contribution < -0.4 is 11.2 Å². The summed E-state index contributed by atoms with van der Waals surface area (Å²) in [5, 5.41) is 0. The smallest absolute Gasteiger partial charge is 0.421 e. The molecule has 0 aliphatic carbocycles. The molecule has 0 aliphatic heterocycles. The van der Waals surface area contributed by atoms with Crippen molar-refractivity contribution in [2.45, 2.75) is 13.8 Å². The van der Waals surface area contributed by atoms with Gasteiger partial charge in [0, 0.05) is 14.1 Å². The molecule has 2 aromatic heterocycles. The Labute approximate surface area is 107 Å². The molecule has 0 unspecified atom stereocenters. The van der Waals surface area contributed by atoms with Crippen LogP contribution in [-0.2, 0) is 18.8 Å². The maximum atomic E-state index is 12.0. The quantitative estimate of drug-likeness (QED) is 0.710. The van der Waals surface area contributed by atoms with E-state index in [1.54, 1.807) is 13.8 Å². The number of carbonyl (C=O) groups excluding carboxylic acids is 1. The van der Waals surface area contributed by atoms with Crippen molar-refractivity contribution in [3.8, 4) is 0 Å². The van der Waals surface area contributed by atoms with Crippen LogP contribution in [-0.4, -0.2) is 31.4 Å². The van der Waals surface area contributed by atoms with E-state index in [4.69, 9.17) is 4.74 Å². The van der Waals surface area contributed by atoms with E-state index in [0.717, 1.165) is 9.13 Å². The maximum absolute atomic E-state index is 12.0. The fraction of sp³-hybridized carbons (Fsp3) is 0.455. The van der Waals surface area contributed by atoms with Crippen LogP contribution in [0.4, 0.5) is 4.79 Å². The van der Waals surface area contributed by atoms with E-state index in [1.807, 2.05) is 0 Å². The highest BCUT2D eigenvalue weighted by Gasteiger charge is 2.21. The molecular formula is C11H14N4O4. The summed E-state index contributed by atoms with van der Waals surface area (Å²) < 4.78 is 8.18. The lowest BCUT2D eigenvalue weighted by Gasteiger charge is -2.08. The van der Waals surface area contributed by atoms with Crippen LogP contribution in [0, 0.1) is 6.92 Å². The van der Waals surface area contributed by atoms with Crippen LogP contribution >= 0.6 is 0 Å². The summed E-state index contributed by atoms with van der Waals surface area (Å²) in [5.41, 5.74) is -0.855. The fourth-order valence-corrected chi connectivity index (χ4v) is 1.94. The molecule has 102 valence electrons. The number of hydrogen-bond donors (Lipinski definition) is 0. The lowest BCUT2D eigenvalue weighted by molar-refractivity contribution is 0.154. The topological polar surface area (TPSA) is 88.1 Å². The van der Waals surface area contributed by atoms with Gasteiger partial charge in [0.25, 0.3) is 5.56 Å². The Hall–Kier alpha value is -2.38. The Balaban J connectivity index is 2.96. The summed E-state index contributed by atoms with van der Waals surface area (Å²) in [4.78, 5) is 39.8. The summed E-state index contributed by atoms with van der Waals surface area (Å²) >= 11 is 0. The minimum Gasteiger partial charge on any atom is -0.449 e.